The Kier molecular flexibility index (Phi) is 8.10. The van der Waals surface area contributed by atoms with Crippen LogP contribution in [0.25, 0.3) is 0 Å². The summed E-state index contributed by atoms with van der Waals surface area (Å²) in [5.41, 5.74) is 4.79. The molecule has 34 heavy (non-hydrogen) atoms. The molecule has 0 N–H and O–H groups in total. The van der Waals surface area contributed by atoms with Gasteiger partial charge in [-0.25, -0.2) is 9.59 Å². The van der Waals surface area contributed by atoms with Crippen molar-refractivity contribution in [2.75, 3.05) is 0 Å². The molecule has 0 radical (unpaired) electrons. The van der Waals surface area contributed by atoms with Crippen LogP contribution in [0, 0.1) is 10.8 Å². The number of ether oxygens (including phenoxy) is 3. The zero-order valence-corrected chi connectivity index (χ0v) is 21.6. The largest absolute Gasteiger partial charge is 0.454 e. The lowest BCUT2D eigenvalue weighted by atomic mass is 9.69. The summed E-state index contributed by atoms with van der Waals surface area (Å²) in [6.07, 6.45) is 10.5. The van der Waals surface area contributed by atoms with E-state index in [1.807, 2.05) is 6.08 Å². The number of cyclic esters (lactones) is 2. The van der Waals surface area contributed by atoms with Gasteiger partial charge in [0.15, 0.2) is 0 Å². The Labute approximate surface area is 203 Å². The van der Waals surface area contributed by atoms with E-state index in [0.717, 1.165) is 25.7 Å². The van der Waals surface area contributed by atoms with Crippen molar-refractivity contribution in [2.45, 2.75) is 112 Å². The minimum absolute atomic E-state index is 0.200. The molecular formula is C28H40O6. The second-order valence-electron chi connectivity index (χ2n) is 11.4. The molecule has 188 valence electrons. The van der Waals surface area contributed by atoms with Gasteiger partial charge in [0.05, 0.1) is 5.57 Å². The van der Waals surface area contributed by atoms with Crippen molar-refractivity contribution in [2.24, 2.45) is 10.8 Å². The molecule has 6 nitrogen and oxygen atoms in total. The molecule has 2 heterocycles. The number of rotatable bonds is 9. The van der Waals surface area contributed by atoms with Crippen LogP contribution < -0.4 is 0 Å². The van der Waals surface area contributed by atoms with E-state index < -0.39 is 24.3 Å². The molecule has 2 atom stereocenters. The molecule has 0 bridgehead atoms. The normalized spacial score (nSPS) is 24.9. The van der Waals surface area contributed by atoms with Gasteiger partial charge in [-0.05, 0) is 69.1 Å². The maximum atomic E-state index is 12.6. The summed E-state index contributed by atoms with van der Waals surface area (Å²) in [7, 11) is 0. The van der Waals surface area contributed by atoms with Crippen LogP contribution in [0.5, 0.6) is 0 Å². The lowest BCUT2D eigenvalue weighted by Crippen LogP contribution is -2.31. The van der Waals surface area contributed by atoms with E-state index in [4.69, 9.17) is 14.2 Å². The number of carbonyl (C=O) groups is 3. The van der Waals surface area contributed by atoms with Crippen molar-refractivity contribution in [3.05, 3.63) is 34.4 Å². The third kappa shape index (κ3) is 6.61. The van der Waals surface area contributed by atoms with Gasteiger partial charge in [0, 0.05) is 25.0 Å². The van der Waals surface area contributed by atoms with E-state index in [-0.39, 0.29) is 11.4 Å². The van der Waals surface area contributed by atoms with Crippen LogP contribution in [0.4, 0.5) is 0 Å². The third-order valence-corrected chi connectivity index (χ3v) is 7.55. The number of hydrogen-bond donors (Lipinski definition) is 0. The molecule has 2 aliphatic heterocycles. The molecule has 0 fully saturated rings. The Balaban J connectivity index is 1.51. The Morgan fingerprint density at radius 2 is 1.91 bits per heavy atom. The number of carbonyl (C=O) groups excluding carboxylic acids is 3. The van der Waals surface area contributed by atoms with Gasteiger partial charge in [-0.1, -0.05) is 44.9 Å². The number of allylic oxidation sites excluding steroid dienone is 2. The molecule has 0 saturated heterocycles. The molecule has 0 aromatic heterocycles. The topological polar surface area (TPSA) is 78.9 Å². The number of hydrogen-bond acceptors (Lipinski definition) is 6. The molecule has 0 amide bonds. The maximum Gasteiger partial charge on any atom is 0.334 e. The van der Waals surface area contributed by atoms with E-state index in [0.29, 0.717) is 29.4 Å². The Hall–Kier alpha value is -2.37. The van der Waals surface area contributed by atoms with Crippen molar-refractivity contribution >= 4 is 17.9 Å². The van der Waals surface area contributed by atoms with Gasteiger partial charge in [0.2, 0.25) is 0 Å². The minimum Gasteiger partial charge on any atom is -0.454 e. The Morgan fingerprint density at radius 1 is 1.18 bits per heavy atom. The molecule has 0 aromatic rings. The maximum absolute atomic E-state index is 12.6. The first-order valence-corrected chi connectivity index (χ1v) is 12.6. The van der Waals surface area contributed by atoms with Crippen LogP contribution in [0.2, 0.25) is 0 Å². The van der Waals surface area contributed by atoms with Gasteiger partial charge in [-0.3, -0.25) is 4.79 Å². The van der Waals surface area contributed by atoms with Crippen molar-refractivity contribution in [3.63, 3.8) is 0 Å². The predicted molar refractivity (Wildman–Crippen MR) is 130 cm³/mol. The fourth-order valence-corrected chi connectivity index (χ4v) is 5.47. The summed E-state index contributed by atoms with van der Waals surface area (Å²) in [4.78, 5) is 35.5. The SMILES string of the molecule is CC(=O)OC1OC(=O)C=C1C1CC=C(CCCC(C)(C)CCC2=C(C)CCCC2(C)C)C(=O)O1. The Bertz CT molecular complexity index is 917. The molecule has 2 unspecified atom stereocenters. The highest BCUT2D eigenvalue weighted by atomic mass is 16.7. The smallest absolute Gasteiger partial charge is 0.334 e. The van der Waals surface area contributed by atoms with Crippen molar-refractivity contribution < 1.29 is 28.6 Å². The van der Waals surface area contributed by atoms with Crippen LogP contribution in [0.3, 0.4) is 0 Å². The monoisotopic (exact) mass is 472 g/mol. The second-order valence-corrected chi connectivity index (χ2v) is 11.4. The molecule has 1 aliphatic carbocycles. The molecule has 3 aliphatic rings. The molecular weight excluding hydrogens is 432 g/mol. The van der Waals surface area contributed by atoms with E-state index in [2.05, 4.69) is 34.6 Å². The zero-order chi connectivity index (χ0) is 25.1. The summed E-state index contributed by atoms with van der Waals surface area (Å²) < 4.78 is 15.6. The fourth-order valence-electron chi connectivity index (χ4n) is 5.47. The average molecular weight is 473 g/mol. The molecule has 0 spiro atoms. The van der Waals surface area contributed by atoms with Gasteiger partial charge >= 0.3 is 17.9 Å². The van der Waals surface area contributed by atoms with Gasteiger partial charge in [0.1, 0.15) is 6.10 Å². The van der Waals surface area contributed by atoms with E-state index in [9.17, 15) is 14.4 Å². The predicted octanol–water partition coefficient (Wildman–Crippen LogP) is 6.10. The van der Waals surface area contributed by atoms with Crippen LogP contribution in [-0.2, 0) is 28.6 Å². The summed E-state index contributed by atoms with van der Waals surface area (Å²) in [5, 5.41) is 0. The van der Waals surface area contributed by atoms with Gasteiger partial charge in [0.25, 0.3) is 6.29 Å². The average Bonchev–Trinajstić information content (AvgIpc) is 3.07. The van der Waals surface area contributed by atoms with Gasteiger partial charge in [-0.15, -0.1) is 0 Å². The second kappa shape index (κ2) is 10.5. The summed E-state index contributed by atoms with van der Waals surface area (Å²) >= 11 is 0. The Morgan fingerprint density at radius 3 is 2.56 bits per heavy atom. The lowest BCUT2D eigenvalue weighted by Gasteiger charge is -2.36. The third-order valence-electron chi connectivity index (χ3n) is 7.55. The quantitative estimate of drug-likeness (QED) is 0.298. The van der Waals surface area contributed by atoms with E-state index in [1.54, 1.807) is 11.1 Å². The molecule has 3 rings (SSSR count). The van der Waals surface area contributed by atoms with Crippen LogP contribution >= 0.6 is 0 Å². The van der Waals surface area contributed by atoms with Crippen LogP contribution in [0.15, 0.2) is 34.4 Å². The van der Waals surface area contributed by atoms with E-state index in [1.165, 1.54) is 32.3 Å². The molecule has 6 heteroatoms. The van der Waals surface area contributed by atoms with Crippen molar-refractivity contribution in [3.8, 4) is 0 Å². The van der Waals surface area contributed by atoms with Crippen molar-refractivity contribution in [1.29, 1.82) is 0 Å². The lowest BCUT2D eigenvalue weighted by molar-refractivity contribution is -0.174. The van der Waals surface area contributed by atoms with Crippen molar-refractivity contribution in [1.82, 2.24) is 0 Å². The van der Waals surface area contributed by atoms with Crippen LogP contribution in [-0.4, -0.2) is 30.3 Å². The summed E-state index contributed by atoms with van der Waals surface area (Å²) in [5.74, 6) is -1.54. The fraction of sp³-hybridized carbons (Fsp3) is 0.679. The van der Waals surface area contributed by atoms with Gasteiger partial charge < -0.3 is 14.2 Å². The number of esters is 3. The highest BCUT2D eigenvalue weighted by Gasteiger charge is 2.38. The first-order valence-electron chi connectivity index (χ1n) is 12.6. The molecule has 0 saturated carbocycles. The first-order chi connectivity index (χ1) is 15.9. The molecule has 0 aromatic carbocycles. The minimum atomic E-state index is -1.12. The highest BCUT2D eigenvalue weighted by molar-refractivity contribution is 5.90. The summed E-state index contributed by atoms with van der Waals surface area (Å²) in [6.45, 7) is 12.9. The van der Waals surface area contributed by atoms with E-state index >= 15 is 0 Å². The standard InChI is InChI=1S/C28H40O6/c1-18-9-7-15-28(5,6)22(18)13-16-27(3,4)14-8-10-20-11-12-23(33-25(20)31)21-17-24(30)34-26(21)32-19(2)29/h11,17,23,26H,7-10,12-16H2,1-6H3. The summed E-state index contributed by atoms with van der Waals surface area (Å²) in [6, 6.07) is 0. The highest BCUT2D eigenvalue weighted by Crippen LogP contribution is 2.44. The van der Waals surface area contributed by atoms with Crippen LogP contribution in [0.1, 0.15) is 99.3 Å². The first kappa shape index (κ1) is 26.2. The zero-order valence-electron chi connectivity index (χ0n) is 21.6. The van der Waals surface area contributed by atoms with Gasteiger partial charge in [-0.2, -0.15) is 0 Å².